The molecule has 166 valence electrons. The van der Waals surface area contributed by atoms with Crippen LogP contribution in [0.5, 0.6) is 17.2 Å². The van der Waals surface area contributed by atoms with Gasteiger partial charge in [0.05, 0.1) is 13.7 Å². The van der Waals surface area contributed by atoms with E-state index in [-0.39, 0.29) is 6.61 Å². The number of hydrogen-bond donors (Lipinski definition) is 1. The molecule has 0 saturated heterocycles. The van der Waals surface area contributed by atoms with E-state index in [1.165, 1.54) is 5.56 Å². The fraction of sp³-hybridized carbons (Fsp3) is 0.222. The number of aryl methyl sites for hydroxylation is 1. The molecule has 3 aromatic rings. The summed E-state index contributed by atoms with van der Waals surface area (Å²) in [6.07, 6.45) is 6.89. The highest BCUT2D eigenvalue weighted by molar-refractivity contribution is 5.74. The van der Waals surface area contributed by atoms with Crippen LogP contribution in [0.4, 0.5) is 0 Å². The first-order valence-electron chi connectivity index (χ1n) is 10.6. The Bertz CT molecular complexity index is 1030. The number of hydrogen-bond acceptors (Lipinski definition) is 4. The van der Waals surface area contributed by atoms with Crippen molar-refractivity contribution >= 4 is 18.1 Å². The van der Waals surface area contributed by atoms with Gasteiger partial charge in [0.2, 0.25) is 0 Å². The molecule has 5 nitrogen and oxygen atoms in total. The van der Waals surface area contributed by atoms with Crippen molar-refractivity contribution in [3.8, 4) is 17.2 Å². The topological polar surface area (TPSA) is 65.0 Å². The maximum atomic E-state index is 10.8. The first kappa shape index (κ1) is 22.9. The largest absolute Gasteiger partial charge is 0.493 e. The Morgan fingerprint density at radius 1 is 0.844 bits per heavy atom. The average Bonchev–Trinajstić information content (AvgIpc) is 2.82. The van der Waals surface area contributed by atoms with Crippen molar-refractivity contribution in [1.82, 2.24) is 0 Å². The van der Waals surface area contributed by atoms with Crippen molar-refractivity contribution in [2.45, 2.75) is 19.3 Å². The monoisotopic (exact) mass is 432 g/mol. The number of carbonyl (C=O) groups is 1. The molecule has 0 heterocycles. The second kappa shape index (κ2) is 12.2. The molecule has 1 N–H and O–H groups in total. The second-order valence-electron chi connectivity index (χ2n) is 7.26. The summed E-state index contributed by atoms with van der Waals surface area (Å²) in [5, 5.41) is 8.83. The third kappa shape index (κ3) is 7.20. The van der Waals surface area contributed by atoms with Crippen LogP contribution >= 0.6 is 0 Å². The molecule has 0 aromatic heterocycles. The van der Waals surface area contributed by atoms with Gasteiger partial charge in [-0.1, -0.05) is 66.7 Å². The average molecular weight is 433 g/mol. The van der Waals surface area contributed by atoms with Gasteiger partial charge in [-0.2, -0.15) is 0 Å². The molecule has 0 amide bonds. The van der Waals surface area contributed by atoms with Crippen LogP contribution in [0, 0.1) is 0 Å². The number of ether oxygens (including phenoxy) is 3. The van der Waals surface area contributed by atoms with Crippen LogP contribution in [-0.4, -0.2) is 31.4 Å². The molecule has 0 atom stereocenters. The van der Waals surface area contributed by atoms with Crippen molar-refractivity contribution in [2.75, 3.05) is 20.3 Å². The van der Waals surface area contributed by atoms with Crippen LogP contribution in [0.3, 0.4) is 0 Å². The van der Waals surface area contributed by atoms with Crippen molar-refractivity contribution < 1.29 is 24.1 Å². The van der Waals surface area contributed by atoms with E-state index >= 15 is 0 Å². The van der Waals surface area contributed by atoms with E-state index in [0.717, 1.165) is 36.1 Å². The van der Waals surface area contributed by atoms with Crippen molar-refractivity contribution in [2.24, 2.45) is 0 Å². The summed E-state index contributed by atoms with van der Waals surface area (Å²) in [7, 11) is 1.63. The first-order chi connectivity index (χ1) is 15.7. The standard InChI is InChI=1S/C27H28O5/c1-30-26-19-22(14-16-23-12-5-6-13-24(23)32-20-27(28)29)15-17-25(26)31-18-8-7-11-21-9-3-2-4-10-21/h2-6,9-10,12-17,19H,7-8,11,18,20H2,1H3,(H,28,29). The first-order valence-corrected chi connectivity index (χ1v) is 10.6. The highest BCUT2D eigenvalue weighted by atomic mass is 16.5. The Kier molecular flexibility index (Phi) is 8.75. The summed E-state index contributed by atoms with van der Waals surface area (Å²) >= 11 is 0. The molecule has 0 bridgehead atoms. The molecule has 32 heavy (non-hydrogen) atoms. The van der Waals surface area contributed by atoms with Gasteiger partial charge in [0.1, 0.15) is 5.75 Å². The molecule has 0 aliphatic rings. The van der Waals surface area contributed by atoms with E-state index in [2.05, 4.69) is 24.3 Å². The lowest BCUT2D eigenvalue weighted by atomic mass is 10.1. The van der Waals surface area contributed by atoms with Gasteiger partial charge in [0, 0.05) is 5.56 Å². The highest BCUT2D eigenvalue weighted by Crippen LogP contribution is 2.29. The van der Waals surface area contributed by atoms with Gasteiger partial charge in [-0.05, 0) is 48.6 Å². The lowest BCUT2D eigenvalue weighted by Crippen LogP contribution is -2.09. The molecular weight excluding hydrogens is 404 g/mol. The van der Waals surface area contributed by atoms with Crippen LogP contribution in [0.1, 0.15) is 29.5 Å². The predicted molar refractivity (Wildman–Crippen MR) is 126 cm³/mol. The van der Waals surface area contributed by atoms with E-state index < -0.39 is 5.97 Å². The molecule has 3 aromatic carbocycles. The highest BCUT2D eigenvalue weighted by Gasteiger charge is 2.06. The summed E-state index contributed by atoms with van der Waals surface area (Å²) in [4.78, 5) is 10.8. The predicted octanol–water partition coefficient (Wildman–Crippen LogP) is 5.73. The Morgan fingerprint density at radius 3 is 2.41 bits per heavy atom. The zero-order valence-corrected chi connectivity index (χ0v) is 18.2. The summed E-state index contributed by atoms with van der Waals surface area (Å²) in [5.74, 6) is 0.901. The molecule has 0 radical (unpaired) electrons. The number of carboxylic acid groups (broad SMARTS) is 1. The zero-order valence-electron chi connectivity index (χ0n) is 18.2. The Hall–Kier alpha value is -3.73. The Morgan fingerprint density at radius 2 is 1.62 bits per heavy atom. The lowest BCUT2D eigenvalue weighted by molar-refractivity contribution is -0.139. The molecule has 5 heteroatoms. The molecule has 0 spiro atoms. The fourth-order valence-electron chi connectivity index (χ4n) is 3.24. The minimum absolute atomic E-state index is 0.379. The molecule has 0 saturated carbocycles. The summed E-state index contributed by atoms with van der Waals surface area (Å²) in [6, 6.07) is 23.5. The minimum atomic E-state index is -1.01. The van der Waals surface area contributed by atoms with Crippen molar-refractivity contribution in [3.05, 3.63) is 89.5 Å². The zero-order chi connectivity index (χ0) is 22.6. The third-order valence-electron chi connectivity index (χ3n) is 4.87. The molecule has 0 aliphatic heterocycles. The van der Waals surface area contributed by atoms with Gasteiger partial charge < -0.3 is 19.3 Å². The maximum absolute atomic E-state index is 10.8. The molecule has 0 fully saturated rings. The van der Waals surface area contributed by atoms with Crippen LogP contribution in [-0.2, 0) is 11.2 Å². The normalized spacial score (nSPS) is 10.8. The smallest absolute Gasteiger partial charge is 0.341 e. The van der Waals surface area contributed by atoms with Crippen LogP contribution < -0.4 is 14.2 Å². The van der Waals surface area contributed by atoms with E-state index in [1.807, 2.05) is 54.6 Å². The van der Waals surface area contributed by atoms with Crippen LogP contribution in [0.2, 0.25) is 0 Å². The minimum Gasteiger partial charge on any atom is -0.493 e. The number of para-hydroxylation sites is 1. The number of benzene rings is 3. The number of unbranched alkanes of at least 4 members (excludes halogenated alkanes) is 1. The van der Waals surface area contributed by atoms with E-state index in [1.54, 1.807) is 13.2 Å². The Balaban J connectivity index is 1.56. The summed E-state index contributed by atoms with van der Waals surface area (Å²) < 4.78 is 16.8. The SMILES string of the molecule is COc1cc(C=Cc2ccccc2OCC(=O)O)ccc1OCCCCc1ccccc1. The maximum Gasteiger partial charge on any atom is 0.341 e. The number of aliphatic carboxylic acids is 1. The van der Waals surface area contributed by atoms with Gasteiger partial charge in [-0.25, -0.2) is 4.79 Å². The lowest BCUT2D eigenvalue weighted by Gasteiger charge is -2.11. The molecule has 3 rings (SSSR count). The van der Waals surface area contributed by atoms with Crippen LogP contribution in [0.25, 0.3) is 12.2 Å². The number of rotatable bonds is 12. The fourth-order valence-corrected chi connectivity index (χ4v) is 3.24. The van der Waals surface area contributed by atoms with Crippen LogP contribution in [0.15, 0.2) is 72.8 Å². The van der Waals surface area contributed by atoms with Gasteiger partial charge in [0.25, 0.3) is 0 Å². The van der Waals surface area contributed by atoms with Crippen molar-refractivity contribution in [3.63, 3.8) is 0 Å². The van der Waals surface area contributed by atoms with Gasteiger partial charge in [-0.3, -0.25) is 0 Å². The quantitative estimate of drug-likeness (QED) is 0.292. The number of methoxy groups -OCH3 is 1. The van der Waals surface area contributed by atoms with Gasteiger partial charge in [-0.15, -0.1) is 0 Å². The second-order valence-corrected chi connectivity index (χ2v) is 7.26. The van der Waals surface area contributed by atoms with E-state index in [0.29, 0.717) is 18.1 Å². The molecule has 0 aliphatic carbocycles. The summed E-state index contributed by atoms with van der Waals surface area (Å²) in [5.41, 5.74) is 3.08. The van der Waals surface area contributed by atoms with Gasteiger partial charge in [0.15, 0.2) is 18.1 Å². The molecular formula is C27H28O5. The molecule has 0 unspecified atom stereocenters. The van der Waals surface area contributed by atoms with E-state index in [9.17, 15) is 4.79 Å². The summed E-state index contributed by atoms with van der Waals surface area (Å²) in [6.45, 7) is 0.253. The third-order valence-corrected chi connectivity index (χ3v) is 4.87. The van der Waals surface area contributed by atoms with Crippen molar-refractivity contribution in [1.29, 1.82) is 0 Å². The van der Waals surface area contributed by atoms with Gasteiger partial charge >= 0.3 is 5.97 Å². The van der Waals surface area contributed by atoms with E-state index in [4.69, 9.17) is 19.3 Å². The number of carboxylic acids is 1. The Labute approximate surface area is 188 Å².